The van der Waals surface area contributed by atoms with Crippen molar-refractivity contribution in [3.05, 3.63) is 21.9 Å². The molecule has 0 radical (unpaired) electrons. The van der Waals surface area contributed by atoms with Crippen molar-refractivity contribution in [2.45, 2.75) is 23.9 Å². The minimum atomic E-state index is -0.285. The predicted molar refractivity (Wildman–Crippen MR) is 88.5 cm³/mol. The third-order valence-electron chi connectivity index (χ3n) is 2.45. The van der Waals surface area contributed by atoms with Crippen LogP contribution >= 0.6 is 34.4 Å². The van der Waals surface area contributed by atoms with Crippen LogP contribution < -0.4 is 5.32 Å². The zero-order valence-corrected chi connectivity index (χ0v) is 14.5. The number of hydrogen-bond donors (Lipinski definition) is 1. The molecule has 0 bridgehead atoms. The number of hydrogen-bond acceptors (Lipinski definition) is 8. The van der Waals surface area contributed by atoms with Crippen LogP contribution in [0.1, 0.15) is 28.4 Å². The van der Waals surface area contributed by atoms with Gasteiger partial charge in [0.25, 0.3) is 0 Å². The summed E-state index contributed by atoms with van der Waals surface area (Å²) in [5, 5.41) is 12.4. The van der Waals surface area contributed by atoms with Crippen molar-refractivity contribution < 1.29 is 9.53 Å². The number of esters is 1. The van der Waals surface area contributed by atoms with Crippen LogP contribution in [0, 0.1) is 5.92 Å². The highest BCUT2D eigenvalue weighted by atomic mass is 32.2. The van der Waals surface area contributed by atoms with E-state index < -0.39 is 0 Å². The Labute approximate surface area is 136 Å². The second kappa shape index (κ2) is 7.77. The van der Waals surface area contributed by atoms with Crippen molar-refractivity contribution in [2.24, 2.45) is 5.92 Å². The number of ether oxygens (including phenoxy) is 1. The largest absolute Gasteiger partial charge is 0.465 e. The SMILES string of the molecule is COC(=O)c1ccc(CSc2nnc(NCC(C)C)s2)s1. The van der Waals surface area contributed by atoms with E-state index in [-0.39, 0.29) is 5.97 Å². The summed E-state index contributed by atoms with van der Waals surface area (Å²) in [7, 11) is 1.39. The Balaban J connectivity index is 1.85. The van der Waals surface area contributed by atoms with Crippen LogP contribution in [-0.2, 0) is 10.5 Å². The predicted octanol–water partition coefficient (Wildman–Crippen LogP) is 3.75. The van der Waals surface area contributed by atoms with Gasteiger partial charge in [-0.3, -0.25) is 0 Å². The van der Waals surface area contributed by atoms with Gasteiger partial charge < -0.3 is 10.1 Å². The maximum Gasteiger partial charge on any atom is 0.348 e. The molecule has 0 saturated heterocycles. The summed E-state index contributed by atoms with van der Waals surface area (Å²) >= 11 is 4.63. The van der Waals surface area contributed by atoms with Gasteiger partial charge in [-0.05, 0) is 18.1 Å². The lowest BCUT2D eigenvalue weighted by Gasteiger charge is -2.03. The molecule has 0 unspecified atom stereocenters. The van der Waals surface area contributed by atoms with Gasteiger partial charge in [0.1, 0.15) is 4.88 Å². The van der Waals surface area contributed by atoms with Gasteiger partial charge in [-0.25, -0.2) is 4.79 Å². The maximum absolute atomic E-state index is 11.4. The number of thiophene rings is 1. The van der Waals surface area contributed by atoms with Crippen LogP contribution in [-0.4, -0.2) is 29.8 Å². The van der Waals surface area contributed by atoms with E-state index in [9.17, 15) is 4.79 Å². The van der Waals surface area contributed by atoms with Crippen LogP contribution in [0.2, 0.25) is 0 Å². The number of nitrogens with one attached hydrogen (secondary N) is 1. The van der Waals surface area contributed by atoms with Crippen LogP contribution in [0.25, 0.3) is 0 Å². The molecule has 2 rings (SSSR count). The first kappa shape index (κ1) is 16.3. The Bertz CT molecular complexity index is 595. The Morgan fingerprint density at radius 3 is 2.90 bits per heavy atom. The smallest absolute Gasteiger partial charge is 0.348 e. The fourth-order valence-electron chi connectivity index (χ4n) is 1.43. The van der Waals surface area contributed by atoms with E-state index in [0.29, 0.717) is 10.8 Å². The highest BCUT2D eigenvalue weighted by Crippen LogP contribution is 2.30. The van der Waals surface area contributed by atoms with Gasteiger partial charge in [0.15, 0.2) is 4.34 Å². The lowest BCUT2D eigenvalue weighted by Crippen LogP contribution is -2.07. The summed E-state index contributed by atoms with van der Waals surface area (Å²) in [5.41, 5.74) is 0. The van der Waals surface area contributed by atoms with Gasteiger partial charge in [-0.1, -0.05) is 36.9 Å². The van der Waals surface area contributed by atoms with E-state index in [1.54, 1.807) is 29.2 Å². The number of aromatic nitrogens is 2. The number of carbonyl (C=O) groups is 1. The summed E-state index contributed by atoms with van der Waals surface area (Å²) in [6.07, 6.45) is 0. The normalized spacial score (nSPS) is 10.9. The summed E-state index contributed by atoms with van der Waals surface area (Å²) in [6.45, 7) is 5.20. The van der Waals surface area contributed by atoms with E-state index in [4.69, 9.17) is 4.74 Å². The highest BCUT2D eigenvalue weighted by Gasteiger charge is 2.10. The topological polar surface area (TPSA) is 64.1 Å². The third-order valence-corrected chi connectivity index (χ3v) is 5.77. The van der Waals surface area contributed by atoms with E-state index in [0.717, 1.165) is 26.6 Å². The first-order valence-corrected chi connectivity index (χ1v) is 9.07. The minimum Gasteiger partial charge on any atom is -0.465 e. The molecule has 0 aliphatic rings. The van der Waals surface area contributed by atoms with Crippen molar-refractivity contribution in [3.8, 4) is 0 Å². The van der Waals surface area contributed by atoms with E-state index in [1.165, 1.54) is 18.4 Å². The molecule has 21 heavy (non-hydrogen) atoms. The average molecular weight is 343 g/mol. The zero-order chi connectivity index (χ0) is 15.2. The monoisotopic (exact) mass is 343 g/mol. The molecule has 0 saturated carbocycles. The lowest BCUT2D eigenvalue weighted by atomic mass is 10.2. The van der Waals surface area contributed by atoms with Gasteiger partial charge in [0, 0.05) is 17.2 Å². The molecule has 0 aliphatic heterocycles. The molecule has 114 valence electrons. The first-order chi connectivity index (χ1) is 10.1. The standard InChI is InChI=1S/C13H17N3O2S3/c1-8(2)6-14-12-15-16-13(21-12)19-7-9-4-5-10(20-9)11(17)18-3/h4-5,8H,6-7H2,1-3H3,(H,14,15). The molecule has 0 spiro atoms. The van der Waals surface area contributed by atoms with Gasteiger partial charge in [-0.2, -0.15) is 0 Å². The van der Waals surface area contributed by atoms with Crippen molar-refractivity contribution >= 4 is 45.5 Å². The molecule has 0 amide bonds. The van der Waals surface area contributed by atoms with Crippen LogP contribution in [0.4, 0.5) is 5.13 Å². The average Bonchev–Trinajstić information content (AvgIpc) is 3.11. The second-order valence-electron chi connectivity index (χ2n) is 4.69. The summed E-state index contributed by atoms with van der Waals surface area (Å²) in [4.78, 5) is 13.1. The molecule has 2 aromatic heterocycles. The minimum absolute atomic E-state index is 0.285. The molecule has 0 aliphatic carbocycles. The Hall–Kier alpha value is -1.12. The van der Waals surface area contributed by atoms with Crippen molar-refractivity contribution in [3.63, 3.8) is 0 Å². The fourth-order valence-corrected chi connectivity index (χ4v) is 4.16. The number of anilines is 1. The molecule has 2 heterocycles. The summed E-state index contributed by atoms with van der Waals surface area (Å²) < 4.78 is 5.62. The van der Waals surface area contributed by atoms with Gasteiger partial charge in [-0.15, -0.1) is 21.5 Å². The Morgan fingerprint density at radius 2 is 2.19 bits per heavy atom. The van der Waals surface area contributed by atoms with Crippen molar-refractivity contribution in [2.75, 3.05) is 19.0 Å². The summed E-state index contributed by atoms with van der Waals surface area (Å²) in [5.74, 6) is 1.07. The summed E-state index contributed by atoms with van der Waals surface area (Å²) in [6, 6.07) is 3.74. The molecular formula is C13H17N3O2S3. The third kappa shape index (κ3) is 4.98. The molecular weight excluding hydrogens is 326 g/mol. The highest BCUT2D eigenvalue weighted by molar-refractivity contribution is 8.00. The number of carbonyl (C=O) groups excluding carboxylic acids is 1. The quantitative estimate of drug-likeness (QED) is 0.610. The molecule has 0 atom stereocenters. The number of thioether (sulfide) groups is 1. The molecule has 2 aromatic rings. The number of rotatable bonds is 7. The lowest BCUT2D eigenvalue weighted by molar-refractivity contribution is 0.0606. The maximum atomic E-state index is 11.4. The van der Waals surface area contributed by atoms with E-state index in [2.05, 4.69) is 29.4 Å². The molecule has 8 heteroatoms. The van der Waals surface area contributed by atoms with Gasteiger partial charge in [0.05, 0.1) is 7.11 Å². The fraction of sp³-hybridized carbons (Fsp3) is 0.462. The number of nitrogens with zero attached hydrogens (tertiary/aromatic N) is 2. The number of methoxy groups -OCH3 is 1. The second-order valence-corrected chi connectivity index (χ2v) is 8.06. The van der Waals surface area contributed by atoms with E-state index in [1.807, 2.05) is 6.07 Å². The molecule has 1 N–H and O–H groups in total. The van der Waals surface area contributed by atoms with Gasteiger partial charge >= 0.3 is 5.97 Å². The van der Waals surface area contributed by atoms with Crippen LogP contribution in [0.3, 0.4) is 0 Å². The first-order valence-electron chi connectivity index (χ1n) is 6.45. The Morgan fingerprint density at radius 1 is 1.38 bits per heavy atom. The van der Waals surface area contributed by atoms with Crippen molar-refractivity contribution in [1.29, 1.82) is 0 Å². The van der Waals surface area contributed by atoms with E-state index >= 15 is 0 Å². The van der Waals surface area contributed by atoms with Crippen LogP contribution in [0.15, 0.2) is 16.5 Å². The molecule has 0 aromatic carbocycles. The Kier molecular flexibility index (Phi) is 6.01. The van der Waals surface area contributed by atoms with Gasteiger partial charge in [0.2, 0.25) is 5.13 Å². The zero-order valence-electron chi connectivity index (χ0n) is 12.1. The van der Waals surface area contributed by atoms with Crippen LogP contribution in [0.5, 0.6) is 0 Å². The van der Waals surface area contributed by atoms with Crippen molar-refractivity contribution in [1.82, 2.24) is 10.2 Å². The molecule has 0 fully saturated rings. The molecule has 5 nitrogen and oxygen atoms in total.